The van der Waals surface area contributed by atoms with E-state index in [1.165, 1.54) is 6.07 Å². The molecule has 0 aliphatic rings. The summed E-state index contributed by atoms with van der Waals surface area (Å²) < 4.78 is 2.04. The number of nitrogens with zero attached hydrogens (tertiary/aromatic N) is 3. The SMILES string of the molecule is Cc1ccc([N+](=O)[O-])cc1NCc1c(C)nc2sccn12. The first-order valence-electron chi connectivity index (χ1n) is 6.46. The molecule has 3 aromatic rings. The Bertz CT molecular complexity index is 822. The second-order valence-corrected chi connectivity index (χ2v) is 5.68. The maximum atomic E-state index is 10.9. The van der Waals surface area contributed by atoms with Crippen LogP contribution in [-0.2, 0) is 6.54 Å². The highest BCUT2D eigenvalue weighted by atomic mass is 32.1. The highest BCUT2D eigenvalue weighted by molar-refractivity contribution is 7.15. The van der Waals surface area contributed by atoms with Gasteiger partial charge in [-0.1, -0.05) is 6.07 Å². The predicted octanol–water partition coefficient (Wildman–Crippen LogP) is 3.53. The van der Waals surface area contributed by atoms with Gasteiger partial charge in [0.2, 0.25) is 0 Å². The van der Waals surface area contributed by atoms with Crippen LogP contribution < -0.4 is 5.32 Å². The van der Waals surface area contributed by atoms with Crippen molar-refractivity contribution in [2.24, 2.45) is 0 Å². The summed E-state index contributed by atoms with van der Waals surface area (Å²) in [6.45, 7) is 4.47. The summed E-state index contributed by atoms with van der Waals surface area (Å²) in [4.78, 5) is 15.9. The summed E-state index contributed by atoms with van der Waals surface area (Å²) in [5, 5.41) is 16.1. The standard InChI is InChI=1S/C14H14N4O2S/c1-9-3-4-11(18(19)20)7-12(9)15-8-13-10(2)16-14-17(13)5-6-21-14/h3-7,15H,8H2,1-2H3. The van der Waals surface area contributed by atoms with E-state index < -0.39 is 0 Å². The van der Waals surface area contributed by atoms with Crippen LogP contribution in [0.15, 0.2) is 29.8 Å². The fourth-order valence-electron chi connectivity index (χ4n) is 2.25. The number of aryl methyl sites for hydroxylation is 2. The van der Waals surface area contributed by atoms with E-state index in [9.17, 15) is 10.1 Å². The minimum absolute atomic E-state index is 0.0915. The van der Waals surface area contributed by atoms with Gasteiger partial charge in [0, 0.05) is 29.4 Å². The smallest absolute Gasteiger partial charge is 0.271 e. The second kappa shape index (κ2) is 5.17. The average Bonchev–Trinajstić information content (AvgIpc) is 2.99. The first-order valence-corrected chi connectivity index (χ1v) is 7.34. The number of non-ortho nitro benzene ring substituents is 1. The average molecular weight is 302 g/mol. The van der Waals surface area contributed by atoms with Gasteiger partial charge in [-0.15, -0.1) is 11.3 Å². The molecule has 0 saturated carbocycles. The monoisotopic (exact) mass is 302 g/mol. The summed E-state index contributed by atoms with van der Waals surface area (Å²) in [5.74, 6) is 0. The van der Waals surface area contributed by atoms with Crippen LogP contribution in [0.3, 0.4) is 0 Å². The van der Waals surface area contributed by atoms with Crippen LogP contribution in [0, 0.1) is 24.0 Å². The normalized spacial score (nSPS) is 11.0. The third-order valence-corrected chi connectivity index (χ3v) is 4.20. The van der Waals surface area contributed by atoms with Crippen molar-refractivity contribution in [1.29, 1.82) is 0 Å². The van der Waals surface area contributed by atoms with E-state index >= 15 is 0 Å². The zero-order valence-electron chi connectivity index (χ0n) is 11.7. The molecule has 0 radical (unpaired) electrons. The molecule has 1 aromatic carbocycles. The Morgan fingerprint density at radius 1 is 1.43 bits per heavy atom. The van der Waals surface area contributed by atoms with Crippen molar-refractivity contribution < 1.29 is 4.92 Å². The van der Waals surface area contributed by atoms with Gasteiger partial charge in [0.15, 0.2) is 4.96 Å². The number of aromatic nitrogens is 2. The van der Waals surface area contributed by atoms with Crippen LogP contribution in [0.1, 0.15) is 17.0 Å². The topological polar surface area (TPSA) is 72.5 Å². The molecule has 0 amide bonds. The third kappa shape index (κ3) is 2.47. The molecule has 0 aliphatic carbocycles. The molecule has 0 unspecified atom stereocenters. The van der Waals surface area contributed by atoms with Gasteiger partial charge < -0.3 is 5.32 Å². The molecule has 0 bridgehead atoms. The lowest BCUT2D eigenvalue weighted by Gasteiger charge is -2.09. The Hall–Kier alpha value is -2.41. The van der Waals surface area contributed by atoms with Gasteiger partial charge in [-0.05, 0) is 19.4 Å². The Balaban J connectivity index is 1.87. The highest BCUT2D eigenvalue weighted by Gasteiger charge is 2.12. The van der Waals surface area contributed by atoms with Gasteiger partial charge >= 0.3 is 0 Å². The summed E-state index contributed by atoms with van der Waals surface area (Å²) in [6, 6.07) is 4.84. The lowest BCUT2D eigenvalue weighted by Crippen LogP contribution is -2.05. The first kappa shape index (κ1) is 13.6. The second-order valence-electron chi connectivity index (χ2n) is 4.81. The molecule has 6 nitrogen and oxygen atoms in total. The fourth-order valence-corrected chi connectivity index (χ4v) is 3.03. The van der Waals surface area contributed by atoms with Gasteiger partial charge in [-0.3, -0.25) is 14.5 Å². The van der Waals surface area contributed by atoms with Crippen molar-refractivity contribution >= 4 is 27.7 Å². The molecule has 1 N–H and O–H groups in total. The molecule has 7 heteroatoms. The molecule has 21 heavy (non-hydrogen) atoms. The number of fused-ring (bicyclic) bond motifs is 1. The van der Waals surface area contributed by atoms with E-state index in [1.807, 2.05) is 29.8 Å². The fraction of sp³-hybridized carbons (Fsp3) is 0.214. The van der Waals surface area contributed by atoms with Gasteiger partial charge in [-0.2, -0.15) is 0 Å². The van der Waals surface area contributed by atoms with E-state index in [4.69, 9.17) is 0 Å². The number of hydrogen-bond donors (Lipinski definition) is 1. The Kier molecular flexibility index (Phi) is 3.34. The maximum Gasteiger partial charge on any atom is 0.271 e. The van der Waals surface area contributed by atoms with Crippen LogP contribution in [0.2, 0.25) is 0 Å². The molecule has 3 rings (SSSR count). The molecule has 0 spiro atoms. The molecule has 2 heterocycles. The van der Waals surface area contributed by atoms with Crippen LogP contribution in [0.4, 0.5) is 11.4 Å². The van der Waals surface area contributed by atoms with Crippen LogP contribution in [0.5, 0.6) is 0 Å². The highest BCUT2D eigenvalue weighted by Crippen LogP contribution is 2.23. The van der Waals surface area contributed by atoms with E-state index in [0.29, 0.717) is 6.54 Å². The molecular formula is C14H14N4O2S. The van der Waals surface area contributed by atoms with Crippen molar-refractivity contribution in [1.82, 2.24) is 9.38 Å². The van der Waals surface area contributed by atoms with E-state index in [0.717, 1.165) is 27.6 Å². The van der Waals surface area contributed by atoms with E-state index in [-0.39, 0.29) is 10.6 Å². The number of imidazole rings is 1. The van der Waals surface area contributed by atoms with Gasteiger partial charge in [-0.25, -0.2) is 4.98 Å². The molecule has 2 aromatic heterocycles. The van der Waals surface area contributed by atoms with Crippen molar-refractivity contribution in [2.45, 2.75) is 20.4 Å². The van der Waals surface area contributed by atoms with Gasteiger partial charge in [0.05, 0.1) is 22.9 Å². The molecular weight excluding hydrogens is 288 g/mol. The van der Waals surface area contributed by atoms with Crippen molar-refractivity contribution in [2.75, 3.05) is 5.32 Å². The minimum atomic E-state index is -0.383. The van der Waals surface area contributed by atoms with Crippen molar-refractivity contribution in [3.63, 3.8) is 0 Å². The number of hydrogen-bond acceptors (Lipinski definition) is 5. The minimum Gasteiger partial charge on any atom is -0.379 e. The number of anilines is 1. The molecule has 108 valence electrons. The number of rotatable bonds is 4. The summed E-state index contributed by atoms with van der Waals surface area (Å²) in [7, 11) is 0. The summed E-state index contributed by atoms with van der Waals surface area (Å²) >= 11 is 1.59. The van der Waals surface area contributed by atoms with Crippen LogP contribution in [-0.4, -0.2) is 14.3 Å². The molecule has 0 fully saturated rings. The van der Waals surface area contributed by atoms with Crippen LogP contribution in [0.25, 0.3) is 4.96 Å². The largest absolute Gasteiger partial charge is 0.379 e. The number of nitro benzene ring substituents is 1. The zero-order valence-corrected chi connectivity index (χ0v) is 12.5. The Labute approximate surface area is 125 Å². The maximum absolute atomic E-state index is 10.9. The molecule has 0 aliphatic heterocycles. The quantitative estimate of drug-likeness (QED) is 0.591. The Morgan fingerprint density at radius 2 is 2.24 bits per heavy atom. The number of nitrogens with one attached hydrogen (secondary N) is 1. The zero-order chi connectivity index (χ0) is 15.0. The van der Waals surface area contributed by atoms with Gasteiger partial charge in [0.1, 0.15) is 0 Å². The molecule has 0 atom stereocenters. The lowest BCUT2D eigenvalue weighted by atomic mass is 10.2. The van der Waals surface area contributed by atoms with E-state index in [2.05, 4.69) is 10.3 Å². The summed E-state index contributed by atoms with van der Waals surface area (Å²) in [5.41, 5.74) is 3.88. The third-order valence-electron chi connectivity index (χ3n) is 3.44. The molecule has 0 saturated heterocycles. The van der Waals surface area contributed by atoms with Crippen LogP contribution >= 0.6 is 11.3 Å². The number of nitro groups is 1. The van der Waals surface area contributed by atoms with Crippen molar-refractivity contribution in [3.05, 3.63) is 56.8 Å². The summed E-state index contributed by atoms with van der Waals surface area (Å²) in [6.07, 6.45) is 1.98. The van der Waals surface area contributed by atoms with Gasteiger partial charge in [0.25, 0.3) is 5.69 Å². The number of benzene rings is 1. The number of thiazole rings is 1. The predicted molar refractivity (Wildman–Crippen MR) is 83.0 cm³/mol. The lowest BCUT2D eigenvalue weighted by molar-refractivity contribution is -0.384. The van der Waals surface area contributed by atoms with Crippen molar-refractivity contribution in [3.8, 4) is 0 Å². The Morgan fingerprint density at radius 3 is 3.00 bits per heavy atom. The first-order chi connectivity index (χ1) is 10.1. The van der Waals surface area contributed by atoms with E-state index in [1.54, 1.807) is 23.5 Å².